The van der Waals surface area contributed by atoms with Gasteiger partial charge in [0.05, 0.1) is 13.2 Å². The van der Waals surface area contributed by atoms with Crippen molar-refractivity contribution < 1.29 is 14.3 Å². The SMILES string of the molecule is CC1CCN(C(=O)Nc2ccc(C(=O)N3CCOCC3)cc2)C1. The summed E-state index contributed by atoms with van der Waals surface area (Å²) < 4.78 is 5.26. The van der Waals surface area contributed by atoms with E-state index in [9.17, 15) is 9.59 Å². The van der Waals surface area contributed by atoms with Crippen LogP contribution in [0.4, 0.5) is 10.5 Å². The van der Waals surface area contributed by atoms with Crippen molar-refractivity contribution >= 4 is 17.6 Å². The van der Waals surface area contributed by atoms with Crippen LogP contribution >= 0.6 is 0 Å². The Balaban J connectivity index is 1.58. The van der Waals surface area contributed by atoms with Crippen molar-refractivity contribution in [2.45, 2.75) is 13.3 Å². The van der Waals surface area contributed by atoms with E-state index in [1.807, 2.05) is 4.90 Å². The zero-order valence-electron chi connectivity index (χ0n) is 13.5. The number of anilines is 1. The molecule has 1 aromatic rings. The number of carbonyl (C=O) groups is 2. The monoisotopic (exact) mass is 317 g/mol. The molecule has 2 heterocycles. The van der Waals surface area contributed by atoms with Gasteiger partial charge in [0.2, 0.25) is 0 Å². The molecule has 1 atom stereocenters. The molecule has 6 heteroatoms. The highest BCUT2D eigenvalue weighted by atomic mass is 16.5. The van der Waals surface area contributed by atoms with Gasteiger partial charge in [0.15, 0.2) is 0 Å². The first kappa shape index (κ1) is 15.8. The van der Waals surface area contributed by atoms with Gasteiger partial charge >= 0.3 is 6.03 Å². The number of morpholine rings is 1. The lowest BCUT2D eigenvalue weighted by atomic mass is 10.1. The molecule has 0 spiro atoms. The summed E-state index contributed by atoms with van der Waals surface area (Å²) in [7, 11) is 0. The van der Waals surface area contributed by atoms with Gasteiger partial charge in [-0.15, -0.1) is 0 Å². The summed E-state index contributed by atoms with van der Waals surface area (Å²) in [5.74, 6) is 0.578. The minimum absolute atomic E-state index is 0.0135. The van der Waals surface area contributed by atoms with E-state index in [2.05, 4.69) is 12.2 Å². The molecule has 0 aromatic heterocycles. The van der Waals surface area contributed by atoms with Gasteiger partial charge in [0.25, 0.3) is 5.91 Å². The van der Waals surface area contributed by atoms with E-state index in [1.165, 1.54) is 0 Å². The average Bonchev–Trinajstić information content (AvgIpc) is 3.02. The summed E-state index contributed by atoms with van der Waals surface area (Å²) in [4.78, 5) is 28.1. The van der Waals surface area contributed by atoms with Crippen LogP contribution in [0.3, 0.4) is 0 Å². The molecular formula is C17H23N3O3. The van der Waals surface area contributed by atoms with Crippen LogP contribution in [0.1, 0.15) is 23.7 Å². The van der Waals surface area contributed by atoms with Gasteiger partial charge in [-0.3, -0.25) is 4.79 Å². The summed E-state index contributed by atoms with van der Waals surface area (Å²) in [6.45, 7) is 6.20. The summed E-state index contributed by atoms with van der Waals surface area (Å²) in [5, 5.41) is 2.89. The standard InChI is InChI=1S/C17H23N3O3/c1-13-6-7-20(12-13)17(22)18-15-4-2-14(3-5-15)16(21)19-8-10-23-11-9-19/h2-5,13H,6-12H2,1H3,(H,18,22). The molecule has 2 aliphatic rings. The molecule has 0 radical (unpaired) electrons. The van der Waals surface area contributed by atoms with Gasteiger partial charge < -0.3 is 19.9 Å². The number of nitrogens with zero attached hydrogens (tertiary/aromatic N) is 2. The normalized spacial score (nSPS) is 21.3. The third-order valence-corrected chi connectivity index (χ3v) is 4.39. The Morgan fingerprint density at radius 3 is 2.39 bits per heavy atom. The molecule has 0 aliphatic carbocycles. The van der Waals surface area contributed by atoms with Crippen LogP contribution in [0.15, 0.2) is 24.3 Å². The van der Waals surface area contributed by atoms with Gasteiger partial charge in [-0.05, 0) is 36.6 Å². The molecule has 2 aliphatic heterocycles. The fourth-order valence-corrected chi connectivity index (χ4v) is 2.97. The molecule has 23 heavy (non-hydrogen) atoms. The Hall–Kier alpha value is -2.08. The first-order valence-electron chi connectivity index (χ1n) is 8.16. The van der Waals surface area contributed by atoms with Crippen LogP contribution in [0.25, 0.3) is 0 Å². The summed E-state index contributed by atoms with van der Waals surface area (Å²) in [6, 6.07) is 7.03. The van der Waals surface area contributed by atoms with Gasteiger partial charge in [-0.1, -0.05) is 6.92 Å². The zero-order valence-corrected chi connectivity index (χ0v) is 13.5. The Bertz CT molecular complexity index is 567. The van der Waals surface area contributed by atoms with Gasteiger partial charge in [0, 0.05) is 37.4 Å². The van der Waals surface area contributed by atoms with Crippen molar-refractivity contribution in [1.82, 2.24) is 9.80 Å². The maximum absolute atomic E-state index is 12.4. The number of hydrogen-bond donors (Lipinski definition) is 1. The highest BCUT2D eigenvalue weighted by molar-refractivity contribution is 5.95. The van der Waals surface area contributed by atoms with E-state index in [1.54, 1.807) is 29.2 Å². The zero-order chi connectivity index (χ0) is 16.2. The van der Waals surface area contributed by atoms with Crippen molar-refractivity contribution in [2.75, 3.05) is 44.7 Å². The highest BCUT2D eigenvalue weighted by Gasteiger charge is 2.23. The first-order chi connectivity index (χ1) is 11.1. The number of amides is 3. The molecule has 6 nitrogen and oxygen atoms in total. The summed E-state index contributed by atoms with van der Waals surface area (Å²) in [6.07, 6.45) is 1.06. The number of urea groups is 1. The van der Waals surface area contributed by atoms with Crippen molar-refractivity contribution in [2.24, 2.45) is 5.92 Å². The van der Waals surface area contributed by atoms with E-state index in [-0.39, 0.29) is 11.9 Å². The molecule has 2 fully saturated rings. The molecule has 1 N–H and O–H groups in total. The number of benzene rings is 1. The minimum atomic E-state index is -0.0680. The Labute approximate surface area is 136 Å². The maximum Gasteiger partial charge on any atom is 0.321 e. The molecule has 3 rings (SSSR count). The Morgan fingerprint density at radius 2 is 1.78 bits per heavy atom. The number of nitrogens with one attached hydrogen (secondary N) is 1. The van der Waals surface area contributed by atoms with Crippen molar-refractivity contribution in [3.8, 4) is 0 Å². The van der Waals surface area contributed by atoms with Crippen LogP contribution in [0, 0.1) is 5.92 Å². The molecule has 124 valence electrons. The Morgan fingerprint density at radius 1 is 1.09 bits per heavy atom. The smallest absolute Gasteiger partial charge is 0.321 e. The lowest BCUT2D eigenvalue weighted by molar-refractivity contribution is 0.0303. The third-order valence-electron chi connectivity index (χ3n) is 4.39. The fraction of sp³-hybridized carbons (Fsp3) is 0.529. The fourth-order valence-electron chi connectivity index (χ4n) is 2.97. The molecule has 0 saturated carbocycles. The van der Waals surface area contributed by atoms with Crippen LogP contribution in [-0.2, 0) is 4.74 Å². The summed E-state index contributed by atoms with van der Waals surface area (Å²) >= 11 is 0. The summed E-state index contributed by atoms with van der Waals surface area (Å²) in [5.41, 5.74) is 1.35. The lowest BCUT2D eigenvalue weighted by Crippen LogP contribution is -2.40. The van der Waals surface area contributed by atoms with Gasteiger partial charge in [-0.25, -0.2) is 4.79 Å². The number of hydrogen-bond acceptors (Lipinski definition) is 3. The van der Waals surface area contributed by atoms with Crippen molar-refractivity contribution in [1.29, 1.82) is 0 Å². The van der Waals surface area contributed by atoms with E-state index in [0.717, 1.165) is 19.5 Å². The van der Waals surface area contributed by atoms with Crippen molar-refractivity contribution in [3.63, 3.8) is 0 Å². The number of ether oxygens (including phenoxy) is 1. The lowest BCUT2D eigenvalue weighted by Gasteiger charge is -2.26. The van der Waals surface area contributed by atoms with Crippen LogP contribution in [0.2, 0.25) is 0 Å². The molecule has 1 aromatic carbocycles. The maximum atomic E-state index is 12.4. The van der Waals surface area contributed by atoms with E-state index >= 15 is 0 Å². The topological polar surface area (TPSA) is 61.9 Å². The van der Waals surface area contributed by atoms with E-state index in [0.29, 0.717) is 43.5 Å². The first-order valence-corrected chi connectivity index (χ1v) is 8.16. The molecule has 1 unspecified atom stereocenters. The predicted molar refractivity (Wildman–Crippen MR) is 87.5 cm³/mol. The van der Waals surface area contributed by atoms with Gasteiger partial charge in [-0.2, -0.15) is 0 Å². The molecule has 0 bridgehead atoms. The second kappa shape index (κ2) is 7.00. The number of rotatable bonds is 2. The van der Waals surface area contributed by atoms with Crippen LogP contribution in [-0.4, -0.2) is 61.1 Å². The van der Waals surface area contributed by atoms with Crippen LogP contribution < -0.4 is 5.32 Å². The number of carbonyl (C=O) groups excluding carboxylic acids is 2. The second-order valence-corrected chi connectivity index (χ2v) is 6.25. The van der Waals surface area contributed by atoms with Crippen LogP contribution in [0.5, 0.6) is 0 Å². The molecule has 3 amide bonds. The Kier molecular flexibility index (Phi) is 4.81. The quantitative estimate of drug-likeness (QED) is 0.908. The highest BCUT2D eigenvalue weighted by Crippen LogP contribution is 2.17. The molecule has 2 saturated heterocycles. The predicted octanol–water partition coefficient (Wildman–Crippen LogP) is 2.03. The third kappa shape index (κ3) is 3.82. The second-order valence-electron chi connectivity index (χ2n) is 6.25. The van der Waals surface area contributed by atoms with Gasteiger partial charge in [0.1, 0.15) is 0 Å². The number of likely N-dealkylation sites (tertiary alicyclic amines) is 1. The average molecular weight is 317 g/mol. The largest absolute Gasteiger partial charge is 0.378 e. The van der Waals surface area contributed by atoms with Crippen molar-refractivity contribution in [3.05, 3.63) is 29.8 Å². The molecular weight excluding hydrogens is 294 g/mol. The van der Waals surface area contributed by atoms with E-state index in [4.69, 9.17) is 4.74 Å². The van der Waals surface area contributed by atoms with E-state index < -0.39 is 0 Å². The minimum Gasteiger partial charge on any atom is -0.378 e.